The van der Waals surface area contributed by atoms with Crippen LogP contribution < -0.4 is 10.6 Å². The van der Waals surface area contributed by atoms with Gasteiger partial charge in [0.05, 0.1) is 16.3 Å². The van der Waals surface area contributed by atoms with E-state index in [2.05, 4.69) is 20.8 Å². The Bertz CT molecular complexity index is 1210. The predicted molar refractivity (Wildman–Crippen MR) is 123 cm³/mol. The standard InChI is InChI=1S/C20H20FN5O3S3/c21-16-8-1-2-9-17(16)23-19-24-25-20(31-19)30-13-18(27)22-14-6-5-7-15(12-14)32(28,29)26-10-3-4-11-26/h1-2,5-9,12H,3-4,10-11,13H2,(H,22,27)(H,23,24). The van der Waals surface area contributed by atoms with Gasteiger partial charge >= 0.3 is 0 Å². The number of nitrogens with one attached hydrogen (secondary N) is 2. The molecule has 0 unspecified atom stereocenters. The van der Waals surface area contributed by atoms with Crippen molar-refractivity contribution >= 4 is 55.5 Å². The van der Waals surface area contributed by atoms with Crippen LogP contribution in [0.5, 0.6) is 0 Å². The highest BCUT2D eigenvalue weighted by Gasteiger charge is 2.27. The topological polar surface area (TPSA) is 104 Å². The Morgan fingerprint density at radius 3 is 2.69 bits per heavy atom. The maximum atomic E-state index is 13.7. The summed E-state index contributed by atoms with van der Waals surface area (Å²) in [5, 5.41) is 13.9. The van der Waals surface area contributed by atoms with Crippen molar-refractivity contribution in [2.45, 2.75) is 22.1 Å². The van der Waals surface area contributed by atoms with E-state index in [-0.39, 0.29) is 16.6 Å². The third kappa shape index (κ3) is 5.44. The van der Waals surface area contributed by atoms with Gasteiger partial charge in [-0.05, 0) is 43.2 Å². The lowest BCUT2D eigenvalue weighted by atomic mass is 10.3. The third-order valence-electron chi connectivity index (χ3n) is 4.67. The zero-order valence-corrected chi connectivity index (χ0v) is 19.3. The average molecular weight is 494 g/mol. The summed E-state index contributed by atoms with van der Waals surface area (Å²) in [7, 11) is -3.55. The molecule has 0 aliphatic carbocycles. The molecule has 12 heteroatoms. The summed E-state index contributed by atoms with van der Waals surface area (Å²) < 4.78 is 41.1. The second-order valence-electron chi connectivity index (χ2n) is 6.95. The molecule has 0 saturated carbocycles. The number of hydrogen-bond acceptors (Lipinski definition) is 8. The van der Waals surface area contributed by atoms with Crippen molar-refractivity contribution in [3.8, 4) is 0 Å². The van der Waals surface area contributed by atoms with Gasteiger partial charge in [0.1, 0.15) is 5.82 Å². The number of sulfonamides is 1. The molecule has 1 saturated heterocycles. The monoisotopic (exact) mass is 493 g/mol. The second kappa shape index (κ2) is 9.94. The molecular weight excluding hydrogens is 473 g/mol. The molecule has 8 nitrogen and oxygen atoms in total. The molecule has 32 heavy (non-hydrogen) atoms. The number of thioether (sulfide) groups is 1. The van der Waals surface area contributed by atoms with E-state index in [4.69, 9.17) is 0 Å². The molecule has 1 aromatic heterocycles. The molecule has 1 aliphatic rings. The van der Waals surface area contributed by atoms with Crippen molar-refractivity contribution in [1.29, 1.82) is 0 Å². The lowest BCUT2D eigenvalue weighted by Gasteiger charge is -2.16. The predicted octanol–water partition coefficient (Wildman–Crippen LogP) is 3.94. The van der Waals surface area contributed by atoms with Crippen molar-refractivity contribution in [2.75, 3.05) is 29.5 Å². The minimum atomic E-state index is -3.55. The Morgan fingerprint density at radius 1 is 1.12 bits per heavy atom. The van der Waals surface area contributed by atoms with E-state index in [0.29, 0.717) is 33.9 Å². The molecule has 3 aromatic rings. The van der Waals surface area contributed by atoms with Crippen LogP contribution in [0, 0.1) is 5.82 Å². The summed E-state index contributed by atoms with van der Waals surface area (Å²) in [5.74, 6) is -0.632. The van der Waals surface area contributed by atoms with Crippen LogP contribution in [0.15, 0.2) is 57.8 Å². The van der Waals surface area contributed by atoms with Crippen molar-refractivity contribution in [2.24, 2.45) is 0 Å². The largest absolute Gasteiger partial charge is 0.328 e. The maximum absolute atomic E-state index is 13.7. The van der Waals surface area contributed by atoms with Crippen molar-refractivity contribution in [3.63, 3.8) is 0 Å². The second-order valence-corrected chi connectivity index (χ2v) is 11.1. The van der Waals surface area contributed by atoms with Gasteiger partial charge in [-0.15, -0.1) is 10.2 Å². The molecule has 0 spiro atoms. The fourth-order valence-corrected chi connectivity index (χ4v) is 6.26. The van der Waals surface area contributed by atoms with Crippen LogP contribution in [-0.4, -0.2) is 47.7 Å². The Kier molecular flexibility index (Phi) is 7.04. The van der Waals surface area contributed by atoms with Gasteiger partial charge in [-0.2, -0.15) is 4.31 Å². The number of amides is 1. The molecular formula is C20H20FN5O3S3. The van der Waals surface area contributed by atoms with Crippen molar-refractivity contribution < 1.29 is 17.6 Å². The average Bonchev–Trinajstić information content (AvgIpc) is 3.47. The summed E-state index contributed by atoms with van der Waals surface area (Å²) >= 11 is 2.39. The summed E-state index contributed by atoms with van der Waals surface area (Å²) in [6.07, 6.45) is 1.71. The van der Waals surface area contributed by atoms with Gasteiger partial charge in [-0.25, -0.2) is 12.8 Å². The number of hydrogen-bond donors (Lipinski definition) is 2. The number of anilines is 3. The highest BCUT2D eigenvalue weighted by molar-refractivity contribution is 8.01. The Balaban J connectivity index is 1.33. The lowest BCUT2D eigenvalue weighted by molar-refractivity contribution is -0.113. The molecule has 1 amide bonds. The lowest BCUT2D eigenvalue weighted by Crippen LogP contribution is -2.28. The quantitative estimate of drug-likeness (QED) is 0.458. The number of halogens is 1. The minimum Gasteiger partial charge on any atom is -0.328 e. The van der Waals surface area contributed by atoms with E-state index >= 15 is 0 Å². The third-order valence-corrected chi connectivity index (χ3v) is 8.54. The first-order valence-electron chi connectivity index (χ1n) is 9.80. The van der Waals surface area contributed by atoms with Gasteiger partial charge in [-0.3, -0.25) is 4.79 Å². The van der Waals surface area contributed by atoms with Gasteiger partial charge in [0.2, 0.25) is 21.1 Å². The van der Waals surface area contributed by atoms with Crippen LogP contribution >= 0.6 is 23.1 Å². The SMILES string of the molecule is O=C(CSc1nnc(Nc2ccccc2F)s1)Nc1cccc(S(=O)(=O)N2CCCC2)c1. The Hall–Kier alpha value is -2.54. The van der Waals surface area contributed by atoms with Crippen LogP contribution in [-0.2, 0) is 14.8 Å². The number of aromatic nitrogens is 2. The first-order chi connectivity index (χ1) is 15.4. The highest BCUT2D eigenvalue weighted by Crippen LogP contribution is 2.29. The summed E-state index contributed by atoms with van der Waals surface area (Å²) in [4.78, 5) is 12.5. The summed E-state index contributed by atoms with van der Waals surface area (Å²) in [6, 6.07) is 12.5. The van der Waals surface area contributed by atoms with Crippen LogP contribution in [0.25, 0.3) is 0 Å². The van der Waals surface area contributed by atoms with Gasteiger partial charge in [0, 0.05) is 18.8 Å². The molecule has 2 heterocycles. The molecule has 0 bridgehead atoms. The highest BCUT2D eigenvalue weighted by atomic mass is 32.2. The minimum absolute atomic E-state index is 0.0669. The zero-order chi connectivity index (χ0) is 22.6. The van der Waals surface area contributed by atoms with Crippen molar-refractivity contribution in [3.05, 3.63) is 54.3 Å². The first-order valence-corrected chi connectivity index (χ1v) is 13.0. The van der Waals surface area contributed by atoms with Gasteiger partial charge in [0.25, 0.3) is 0 Å². The molecule has 168 valence electrons. The van der Waals surface area contributed by atoms with Gasteiger partial charge < -0.3 is 10.6 Å². The van der Waals surface area contributed by atoms with E-state index in [1.807, 2.05) is 0 Å². The number of benzene rings is 2. The van der Waals surface area contributed by atoms with Crippen LogP contribution in [0.3, 0.4) is 0 Å². The van der Waals surface area contributed by atoms with Crippen LogP contribution in [0.2, 0.25) is 0 Å². The number of rotatable bonds is 8. The van der Waals surface area contributed by atoms with E-state index in [1.54, 1.807) is 30.3 Å². The van der Waals surface area contributed by atoms with E-state index in [1.165, 1.54) is 45.6 Å². The number of carbonyl (C=O) groups is 1. The van der Waals surface area contributed by atoms with Gasteiger partial charge in [-0.1, -0.05) is 41.3 Å². The van der Waals surface area contributed by atoms with E-state index < -0.39 is 15.8 Å². The summed E-state index contributed by atoms with van der Waals surface area (Å²) in [6.45, 7) is 1.04. The van der Waals surface area contributed by atoms with Crippen LogP contribution in [0.4, 0.5) is 20.9 Å². The molecule has 0 radical (unpaired) electrons. The zero-order valence-electron chi connectivity index (χ0n) is 16.8. The molecule has 1 aliphatic heterocycles. The Labute approximate surface area is 193 Å². The summed E-state index contributed by atoms with van der Waals surface area (Å²) in [5.41, 5.74) is 0.705. The molecule has 2 N–H and O–H groups in total. The number of carbonyl (C=O) groups excluding carboxylic acids is 1. The maximum Gasteiger partial charge on any atom is 0.243 e. The fraction of sp³-hybridized carbons (Fsp3) is 0.250. The molecule has 1 fully saturated rings. The van der Waals surface area contributed by atoms with E-state index in [0.717, 1.165) is 12.8 Å². The molecule has 2 aromatic carbocycles. The Morgan fingerprint density at radius 2 is 1.91 bits per heavy atom. The van der Waals surface area contributed by atoms with E-state index in [9.17, 15) is 17.6 Å². The molecule has 4 rings (SSSR count). The fourth-order valence-electron chi connectivity index (χ4n) is 3.13. The van der Waals surface area contributed by atoms with Crippen molar-refractivity contribution in [1.82, 2.24) is 14.5 Å². The first kappa shape index (κ1) is 22.6. The van der Waals surface area contributed by atoms with Crippen LogP contribution in [0.1, 0.15) is 12.8 Å². The normalized spacial score (nSPS) is 14.4. The molecule has 0 atom stereocenters. The number of para-hydroxylation sites is 1. The smallest absolute Gasteiger partial charge is 0.243 e. The van der Waals surface area contributed by atoms with Gasteiger partial charge in [0.15, 0.2) is 4.34 Å². The number of nitrogens with zero attached hydrogens (tertiary/aromatic N) is 3.